The van der Waals surface area contributed by atoms with Gasteiger partial charge in [0.25, 0.3) is 0 Å². The number of hydrogen-bond acceptors (Lipinski definition) is 1. The molecule has 82 valence electrons. The highest BCUT2D eigenvalue weighted by Crippen LogP contribution is 2.41. The topological polar surface area (TPSA) is 26.0 Å². The van der Waals surface area contributed by atoms with E-state index < -0.39 is 0 Å². The molecule has 0 aliphatic heterocycles. The third kappa shape index (κ3) is 1.88. The molecule has 0 unspecified atom stereocenters. The second kappa shape index (κ2) is 4.11. The van der Waals surface area contributed by atoms with Crippen LogP contribution in [0.25, 0.3) is 0 Å². The number of rotatable bonds is 2. The largest absolute Gasteiger partial charge is 0.330 e. The molecule has 0 saturated heterocycles. The molecule has 0 heterocycles. The van der Waals surface area contributed by atoms with Crippen LogP contribution >= 0.6 is 11.6 Å². The van der Waals surface area contributed by atoms with Gasteiger partial charge in [0, 0.05) is 12.0 Å². The Bertz CT molecular complexity index is 359. The summed E-state index contributed by atoms with van der Waals surface area (Å²) in [5.74, 6) is -0.356. The third-order valence-corrected chi connectivity index (χ3v) is 3.77. The summed E-state index contributed by atoms with van der Waals surface area (Å²) in [7, 11) is 0. The smallest absolute Gasteiger partial charge is 0.141 e. The van der Waals surface area contributed by atoms with Gasteiger partial charge >= 0.3 is 0 Å². The van der Waals surface area contributed by atoms with Crippen LogP contribution in [0.2, 0.25) is 5.02 Å². The normalized spacial score (nSPS) is 19.4. The summed E-state index contributed by atoms with van der Waals surface area (Å²) in [5, 5.41) is 0.201. The highest BCUT2D eigenvalue weighted by atomic mass is 35.5. The summed E-state index contributed by atoms with van der Waals surface area (Å²) in [4.78, 5) is 0. The fourth-order valence-corrected chi connectivity index (χ4v) is 2.67. The molecule has 1 aromatic carbocycles. The Morgan fingerprint density at radius 2 is 2.00 bits per heavy atom. The maximum atomic E-state index is 13.1. The molecule has 0 bridgehead atoms. The lowest BCUT2D eigenvalue weighted by molar-refractivity contribution is 0.452. The zero-order valence-corrected chi connectivity index (χ0v) is 9.36. The lowest BCUT2D eigenvalue weighted by Gasteiger charge is -2.28. The van der Waals surface area contributed by atoms with Gasteiger partial charge in [0.05, 0.1) is 5.02 Å². The maximum absolute atomic E-state index is 13.1. The average molecular weight is 228 g/mol. The molecule has 0 spiro atoms. The van der Waals surface area contributed by atoms with Crippen molar-refractivity contribution in [2.75, 3.05) is 6.54 Å². The van der Waals surface area contributed by atoms with Gasteiger partial charge < -0.3 is 5.73 Å². The van der Waals surface area contributed by atoms with Gasteiger partial charge in [-0.3, -0.25) is 0 Å². The van der Waals surface area contributed by atoms with E-state index in [9.17, 15) is 4.39 Å². The van der Waals surface area contributed by atoms with E-state index in [4.69, 9.17) is 17.3 Å². The monoisotopic (exact) mass is 227 g/mol. The van der Waals surface area contributed by atoms with E-state index in [2.05, 4.69) is 0 Å². The predicted molar refractivity (Wildman–Crippen MR) is 60.6 cm³/mol. The number of halogens is 2. The van der Waals surface area contributed by atoms with Crippen molar-refractivity contribution in [1.82, 2.24) is 0 Å². The van der Waals surface area contributed by atoms with Crippen LogP contribution in [0.3, 0.4) is 0 Å². The lowest BCUT2D eigenvalue weighted by Crippen LogP contribution is -2.31. The predicted octanol–water partition coefficient (Wildman–Crippen LogP) is 3.25. The second-order valence-electron chi connectivity index (χ2n) is 4.32. The van der Waals surface area contributed by atoms with Gasteiger partial charge in [-0.1, -0.05) is 30.5 Å². The first kappa shape index (κ1) is 10.9. The first-order chi connectivity index (χ1) is 7.18. The first-order valence-corrected chi connectivity index (χ1v) is 5.71. The number of benzene rings is 1. The molecule has 1 aliphatic carbocycles. The lowest BCUT2D eigenvalue weighted by atomic mass is 9.79. The molecule has 15 heavy (non-hydrogen) atoms. The van der Waals surface area contributed by atoms with Gasteiger partial charge in [-0.2, -0.15) is 0 Å². The van der Waals surface area contributed by atoms with Gasteiger partial charge in [0.15, 0.2) is 0 Å². The van der Waals surface area contributed by atoms with Gasteiger partial charge in [0.1, 0.15) is 5.82 Å². The third-order valence-electron chi connectivity index (χ3n) is 3.48. The van der Waals surface area contributed by atoms with Crippen molar-refractivity contribution in [1.29, 1.82) is 0 Å². The molecule has 0 atom stereocenters. The van der Waals surface area contributed by atoms with Crippen LogP contribution < -0.4 is 5.73 Å². The molecule has 2 N–H and O–H groups in total. The highest BCUT2D eigenvalue weighted by molar-refractivity contribution is 6.30. The Kier molecular flexibility index (Phi) is 2.98. The minimum Gasteiger partial charge on any atom is -0.330 e. The van der Waals surface area contributed by atoms with Crippen LogP contribution in [0.1, 0.15) is 31.2 Å². The van der Waals surface area contributed by atoms with Gasteiger partial charge in [-0.25, -0.2) is 4.39 Å². The molecule has 3 heteroatoms. The average Bonchev–Trinajstić information content (AvgIpc) is 2.72. The molecule has 0 aromatic heterocycles. The molecule has 0 amide bonds. The molecule has 1 nitrogen and oxygen atoms in total. The summed E-state index contributed by atoms with van der Waals surface area (Å²) in [6.07, 6.45) is 4.58. The first-order valence-electron chi connectivity index (χ1n) is 5.33. The fraction of sp³-hybridized carbons (Fsp3) is 0.500. The Morgan fingerprint density at radius 3 is 2.53 bits per heavy atom. The van der Waals surface area contributed by atoms with Crippen molar-refractivity contribution in [2.24, 2.45) is 5.73 Å². The van der Waals surface area contributed by atoms with Crippen LogP contribution in [0.5, 0.6) is 0 Å². The number of nitrogens with two attached hydrogens (primary N) is 1. The Morgan fingerprint density at radius 1 is 1.33 bits per heavy atom. The summed E-state index contributed by atoms with van der Waals surface area (Å²) in [5.41, 5.74) is 6.98. The van der Waals surface area contributed by atoms with Crippen LogP contribution in [0, 0.1) is 5.82 Å². The SMILES string of the molecule is NCC1(c2ccc(F)c(Cl)c2)CCCC1. The quantitative estimate of drug-likeness (QED) is 0.825. The van der Waals surface area contributed by atoms with Gasteiger partial charge in [0.2, 0.25) is 0 Å². The van der Waals surface area contributed by atoms with Gasteiger partial charge in [-0.05, 0) is 30.5 Å². The van der Waals surface area contributed by atoms with Gasteiger partial charge in [-0.15, -0.1) is 0 Å². The Hall–Kier alpha value is -0.600. The minimum absolute atomic E-state index is 0.0390. The summed E-state index contributed by atoms with van der Waals surface area (Å²) in [6, 6.07) is 4.99. The number of hydrogen-bond donors (Lipinski definition) is 1. The van der Waals surface area contributed by atoms with E-state index in [1.165, 1.54) is 18.9 Å². The van der Waals surface area contributed by atoms with Crippen molar-refractivity contribution >= 4 is 11.6 Å². The zero-order chi connectivity index (χ0) is 10.9. The van der Waals surface area contributed by atoms with Crippen LogP contribution in [0.4, 0.5) is 4.39 Å². The van der Waals surface area contributed by atoms with E-state index in [0.717, 1.165) is 18.4 Å². The molecule has 1 saturated carbocycles. The van der Waals surface area contributed by atoms with Crippen molar-refractivity contribution in [3.63, 3.8) is 0 Å². The molecule has 0 radical (unpaired) electrons. The zero-order valence-electron chi connectivity index (χ0n) is 8.60. The van der Waals surface area contributed by atoms with Crippen molar-refractivity contribution in [3.05, 3.63) is 34.6 Å². The maximum Gasteiger partial charge on any atom is 0.141 e. The summed E-state index contributed by atoms with van der Waals surface area (Å²) < 4.78 is 13.1. The molecular formula is C12H15ClFN. The van der Waals surface area contributed by atoms with Crippen molar-refractivity contribution < 1.29 is 4.39 Å². The minimum atomic E-state index is -0.356. The van der Waals surface area contributed by atoms with E-state index in [1.54, 1.807) is 6.07 Å². The highest BCUT2D eigenvalue weighted by Gasteiger charge is 2.34. The molecule has 1 aliphatic rings. The molecule has 2 rings (SSSR count). The standard InChI is InChI=1S/C12H15ClFN/c13-10-7-9(3-4-11(10)14)12(8-15)5-1-2-6-12/h3-4,7H,1-2,5-6,8,15H2. The second-order valence-corrected chi connectivity index (χ2v) is 4.73. The van der Waals surface area contributed by atoms with Crippen LogP contribution in [-0.2, 0) is 5.41 Å². The van der Waals surface area contributed by atoms with Crippen molar-refractivity contribution in [2.45, 2.75) is 31.1 Å². The van der Waals surface area contributed by atoms with E-state index in [1.807, 2.05) is 6.07 Å². The fourth-order valence-electron chi connectivity index (χ4n) is 2.49. The summed E-state index contributed by atoms with van der Waals surface area (Å²) in [6.45, 7) is 0.620. The molecular weight excluding hydrogens is 213 g/mol. The van der Waals surface area contributed by atoms with E-state index in [-0.39, 0.29) is 16.3 Å². The van der Waals surface area contributed by atoms with E-state index >= 15 is 0 Å². The van der Waals surface area contributed by atoms with E-state index in [0.29, 0.717) is 6.54 Å². The molecule has 1 fully saturated rings. The van der Waals surface area contributed by atoms with Crippen LogP contribution in [0.15, 0.2) is 18.2 Å². The van der Waals surface area contributed by atoms with Crippen molar-refractivity contribution in [3.8, 4) is 0 Å². The summed E-state index contributed by atoms with van der Waals surface area (Å²) >= 11 is 5.80. The Balaban J connectivity index is 2.38. The van der Waals surface area contributed by atoms with Crippen LogP contribution in [-0.4, -0.2) is 6.54 Å². The Labute approximate surface area is 94.4 Å². The molecule has 1 aromatic rings.